The first-order valence-corrected chi connectivity index (χ1v) is 6.51. The van der Waals surface area contributed by atoms with E-state index in [2.05, 4.69) is 9.97 Å². The van der Waals surface area contributed by atoms with E-state index in [4.69, 9.17) is 21.8 Å². The Morgan fingerprint density at radius 3 is 2.55 bits per heavy atom. The van der Waals surface area contributed by atoms with Gasteiger partial charge in [0.25, 0.3) is 0 Å². The van der Waals surface area contributed by atoms with Crippen LogP contribution in [0.2, 0.25) is 5.02 Å². The lowest BCUT2D eigenvalue weighted by atomic mass is 10.1. The van der Waals surface area contributed by atoms with E-state index in [9.17, 15) is 0 Å². The van der Waals surface area contributed by atoms with Crippen molar-refractivity contribution in [2.75, 3.05) is 5.73 Å². The Bertz CT molecular complexity index is 711. The fourth-order valence-electron chi connectivity index (χ4n) is 2.00. The van der Waals surface area contributed by atoms with Crippen molar-refractivity contribution in [3.05, 3.63) is 65.0 Å². The normalized spacial score (nSPS) is 10.7. The summed E-state index contributed by atoms with van der Waals surface area (Å²) < 4.78 is 5.33. The van der Waals surface area contributed by atoms with Crippen LogP contribution >= 0.6 is 11.6 Å². The third kappa shape index (κ3) is 2.51. The summed E-state index contributed by atoms with van der Waals surface area (Å²) in [6.45, 7) is 0. The summed E-state index contributed by atoms with van der Waals surface area (Å²) in [5, 5.41) is 0.470. The van der Waals surface area contributed by atoms with Crippen LogP contribution in [0.3, 0.4) is 0 Å². The molecule has 2 aromatic heterocycles. The average molecular weight is 286 g/mol. The van der Waals surface area contributed by atoms with Gasteiger partial charge in [0, 0.05) is 6.42 Å². The molecule has 0 bridgehead atoms. The highest BCUT2D eigenvalue weighted by Crippen LogP contribution is 2.30. The smallest absolute Gasteiger partial charge is 0.221 e. The fraction of sp³-hybridized carbons (Fsp3) is 0.0667. The number of nitrogens with two attached hydrogens (primary N) is 1. The van der Waals surface area contributed by atoms with Crippen molar-refractivity contribution in [2.24, 2.45) is 0 Å². The van der Waals surface area contributed by atoms with Crippen molar-refractivity contribution in [3.8, 4) is 11.5 Å². The number of nitrogen functional groups attached to an aromatic ring is 1. The second kappa shape index (κ2) is 5.35. The maximum atomic E-state index is 6.38. The fourth-order valence-corrected chi connectivity index (χ4v) is 2.24. The number of hydrogen-bond donors (Lipinski definition) is 1. The Hall–Kier alpha value is -2.33. The molecule has 0 aliphatic heterocycles. The monoisotopic (exact) mass is 285 g/mol. The lowest BCUT2D eigenvalue weighted by Gasteiger charge is -2.08. The largest absolute Gasteiger partial charge is 0.463 e. The van der Waals surface area contributed by atoms with E-state index >= 15 is 0 Å². The van der Waals surface area contributed by atoms with Gasteiger partial charge in [-0.3, -0.25) is 0 Å². The summed E-state index contributed by atoms with van der Waals surface area (Å²) in [6, 6.07) is 13.5. The molecule has 0 spiro atoms. The Balaban J connectivity index is 2.04. The van der Waals surface area contributed by atoms with Crippen LogP contribution in [0.5, 0.6) is 0 Å². The van der Waals surface area contributed by atoms with Gasteiger partial charge in [-0.25, -0.2) is 9.97 Å². The first-order valence-electron chi connectivity index (χ1n) is 6.14. The van der Waals surface area contributed by atoms with Crippen LogP contribution in [0.4, 0.5) is 5.95 Å². The average Bonchev–Trinajstić information content (AvgIpc) is 2.97. The number of hydrogen-bond acceptors (Lipinski definition) is 4. The Morgan fingerprint density at radius 1 is 1.05 bits per heavy atom. The van der Waals surface area contributed by atoms with Crippen LogP contribution in [0.25, 0.3) is 11.5 Å². The van der Waals surface area contributed by atoms with Crippen LogP contribution < -0.4 is 5.73 Å². The lowest BCUT2D eigenvalue weighted by Crippen LogP contribution is -2.03. The van der Waals surface area contributed by atoms with E-state index in [1.54, 1.807) is 18.4 Å². The number of furan rings is 1. The molecule has 20 heavy (non-hydrogen) atoms. The highest BCUT2D eigenvalue weighted by atomic mass is 35.5. The van der Waals surface area contributed by atoms with Gasteiger partial charge in [-0.15, -0.1) is 0 Å². The Morgan fingerprint density at radius 2 is 1.85 bits per heavy atom. The molecule has 4 nitrogen and oxygen atoms in total. The number of rotatable bonds is 3. The number of halogens is 1. The summed E-state index contributed by atoms with van der Waals surface area (Å²) in [6.07, 6.45) is 2.17. The van der Waals surface area contributed by atoms with Gasteiger partial charge in [0.15, 0.2) is 5.76 Å². The molecular weight excluding hydrogens is 274 g/mol. The van der Waals surface area contributed by atoms with Gasteiger partial charge in [-0.05, 0) is 17.7 Å². The van der Waals surface area contributed by atoms with Crippen molar-refractivity contribution >= 4 is 17.5 Å². The summed E-state index contributed by atoms with van der Waals surface area (Å²) in [5.41, 5.74) is 8.09. The molecule has 0 atom stereocenters. The van der Waals surface area contributed by atoms with Crippen LogP contribution in [-0.2, 0) is 6.42 Å². The molecule has 0 saturated heterocycles. The van der Waals surface area contributed by atoms with Gasteiger partial charge in [0.2, 0.25) is 5.95 Å². The van der Waals surface area contributed by atoms with Gasteiger partial charge in [-0.1, -0.05) is 41.9 Å². The van der Waals surface area contributed by atoms with Crippen LogP contribution in [0.1, 0.15) is 11.3 Å². The molecule has 100 valence electrons. The molecule has 0 aliphatic carbocycles. The van der Waals surface area contributed by atoms with E-state index < -0.39 is 0 Å². The Labute approximate surface area is 121 Å². The lowest BCUT2D eigenvalue weighted by molar-refractivity contribution is 0.580. The standard InChI is InChI=1S/C15H12ClN3O/c16-13-11(9-10-5-2-1-3-6-10)18-15(17)19-14(13)12-7-4-8-20-12/h1-8H,9H2,(H2,17,18,19). The summed E-state index contributed by atoms with van der Waals surface area (Å²) in [4.78, 5) is 8.39. The molecular formula is C15H12ClN3O. The molecule has 0 amide bonds. The van der Waals surface area contributed by atoms with Gasteiger partial charge >= 0.3 is 0 Å². The zero-order chi connectivity index (χ0) is 13.9. The van der Waals surface area contributed by atoms with E-state index in [1.165, 1.54) is 0 Å². The molecule has 5 heteroatoms. The minimum absolute atomic E-state index is 0.187. The van der Waals surface area contributed by atoms with Gasteiger partial charge in [0.05, 0.1) is 17.0 Å². The quantitative estimate of drug-likeness (QED) is 0.799. The topological polar surface area (TPSA) is 64.9 Å². The molecule has 0 radical (unpaired) electrons. The second-order valence-corrected chi connectivity index (χ2v) is 4.71. The first-order chi connectivity index (χ1) is 9.74. The van der Waals surface area contributed by atoms with Crippen molar-refractivity contribution in [2.45, 2.75) is 6.42 Å². The van der Waals surface area contributed by atoms with Crippen molar-refractivity contribution in [1.29, 1.82) is 0 Å². The van der Waals surface area contributed by atoms with Crippen LogP contribution in [0.15, 0.2) is 53.1 Å². The van der Waals surface area contributed by atoms with Crippen molar-refractivity contribution in [1.82, 2.24) is 9.97 Å². The van der Waals surface area contributed by atoms with Crippen LogP contribution in [-0.4, -0.2) is 9.97 Å². The molecule has 3 rings (SSSR count). The summed E-state index contributed by atoms with van der Waals surface area (Å²) in [5.74, 6) is 0.769. The number of benzene rings is 1. The minimum atomic E-state index is 0.187. The van der Waals surface area contributed by atoms with E-state index in [-0.39, 0.29) is 5.95 Å². The predicted molar refractivity (Wildman–Crippen MR) is 78.4 cm³/mol. The zero-order valence-electron chi connectivity index (χ0n) is 10.6. The first kappa shape index (κ1) is 12.7. The molecule has 2 heterocycles. The Kier molecular flexibility index (Phi) is 3.39. The number of aromatic nitrogens is 2. The molecule has 0 saturated carbocycles. The number of anilines is 1. The van der Waals surface area contributed by atoms with Crippen molar-refractivity contribution in [3.63, 3.8) is 0 Å². The van der Waals surface area contributed by atoms with E-state index in [0.717, 1.165) is 5.56 Å². The third-order valence-corrected chi connectivity index (χ3v) is 3.30. The van der Waals surface area contributed by atoms with Gasteiger partial charge < -0.3 is 10.2 Å². The minimum Gasteiger partial charge on any atom is -0.463 e. The van der Waals surface area contributed by atoms with Gasteiger partial charge in [-0.2, -0.15) is 0 Å². The SMILES string of the molecule is Nc1nc(Cc2ccccc2)c(Cl)c(-c2ccco2)n1. The van der Waals surface area contributed by atoms with Crippen molar-refractivity contribution < 1.29 is 4.42 Å². The summed E-state index contributed by atoms with van der Waals surface area (Å²) in [7, 11) is 0. The van der Waals surface area contributed by atoms with Crippen LogP contribution in [0, 0.1) is 0 Å². The highest BCUT2D eigenvalue weighted by Gasteiger charge is 2.15. The summed E-state index contributed by atoms with van der Waals surface area (Å²) >= 11 is 6.38. The van der Waals surface area contributed by atoms with E-state index in [0.29, 0.717) is 28.6 Å². The highest BCUT2D eigenvalue weighted by molar-refractivity contribution is 6.33. The van der Waals surface area contributed by atoms with Gasteiger partial charge in [0.1, 0.15) is 5.69 Å². The predicted octanol–water partition coefficient (Wildman–Crippen LogP) is 3.56. The molecule has 2 N–H and O–H groups in total. The maximum absolute atomic E-state index is 6.38. The number of nitrogens with zero attached hydrogens (tertiary/aromatic N) is 2. The van der Waals surface area contributed by atoms with E-state index in [1.807, 2.05) is 30.3 Å². The maximum Gasteiger partial charge on any atom is 0.221 e. The zero-order valence-corrected chi connectivity index (χ0v) is 11.3. The molecule has 0 aliphatic rings. The second-order valence-electron chi connectivity index (χ2n) is 4.33. The third-order valence-electron chi connectivity index (χ3n) is 2.91. The molecule has 3 aromatic rings. The molecule has 0 unspecified atom stereocenters. The molecule has 0 fully saturated rings. The molecule has 1 aromatic carbocycles.